The Balaban J connectivity index is 2.35. The minimum Gasteiger partial charge on any atom is -0.288 e. The van der Waals surface area contributed by atoms with Crippen molar-refractivity contribution in [3.05, 3.63) is 41.5 Å². The van der Waals surface area contributed by atoms with Crippen molar-refractivity contribution in [2.45, 2.75) is 0 Å². The molecule has 0 spiro atoms. The molecule has 0 saturated heterocycles. The van der Waals surface area contributed by atoms with Gasteiger partial charge in [0.2, 0.25) is 0 Å². The Bertz CT molecular complexity index is 806. The number of halogens is 2. The number of carbonyl (C=O) groups is 3. The lowest BCUT2D eigenvalue weighted by atomic mass is 9.98. The number of anilines is 1. The van der Waals surface area contributed by atoms with Crippen LogP contribution in [0.2, 0.25) is 0 Å². The number of hydrogen-bond donors (Lipinski definition) is 1. The summed E-state index contributed by atoms with van der Waals surface area (Å²) in [4.78, 5) is 35.5. The molecule has 3 amide bonds. The number of alkyl halides is 1. The monoisotopic (exact) mass is 366 g/mol. The highest BCUT2D eigenvalue weighted by molar-refractivity contribution is 9.09. The first-order chi connectivity index (χ1) is 10.0. The van der Waals surface area contributed by atoms with Crippen LogP contribution in [0.15, 0.2) is 30.3 Å². The topological polar surface area (TPSA) is 66.5 Å². The van der Waals surface area contributed by atoms with Crippen LogP contribution in [0.25, 0.3) is 10.8 Å². The molecule has 2 aromatic carbocycles. The highest BCUT2D eigenvalue weighted by Gasteiger charge is 2.31. The molecule has 1 aliphatic heterocycles. The third-order valence-corrected chi connectivity index (χ3v) is 4.12. The lowest BCUT2D eigenvalue weighted by Gasteiger charge is -2.16. The summed E-state index contributed by atoms with van der Waals surface area (Å²) in [5.74, 6) is -1.30. The minimum atomic E-state index is -0.488. The second kappa shape index (κ2) is 5.13. The van der Waals surface area contributed by atoms with Gasteiger partial charge >= 0.3 is 0 Å². The highest BCUT2D eigenvalue weighted by atomic mass is 79.9. The third-order valence-electron chi connectivity index (χ3n) is 3.27. The SMILES string of the molecule is O=C1NC(=O)c2c1cc(N(Cl)C(=O)CBr)c1ccccc21. The number of hydrogen-bond acceptors (Lipinski definition) is 3. The lowest BCUT2D eigenvalue weighted by Crippen LogP contribution is -2.22. The van der Waals surface area contributed by atoms with Crippen LogP contribution in [0.4, 0.5) is 5.69 Å². The molecule has 21 heavy (non-hydrogen) atoms. The summed E-state index contributed by atoms with van der Waals surface area (Å²) in [6, 6.07) is 8.46. The molecular formula is C14H8BrClN2O3. The molecule has 0 bridgehead atoms. The van der Waals surface area contributed by atoms with Gasteiger partial charge in [0.1, 0.15) is 0 Å². The van der Waals surface area contributed by atoms with E-state index in [0.717, 1.165) is 4.42 Å². The van der Waals surface area contributed by atoms with E-state index in [1.807, 2.05) is 0 Å². The molecule has 0 unspecified atom stereocenters. The fourth-order valence-corrected chi connectivity index (χ4v) is 2.96. The second-order valence-corrected chi connectivity index (χ2v) is 5.35. The van der Waals surface area contributed by atoms with Crippen molar-refractivity contribution in [3.63, 3.8) is 0 Å². The average Bonchev–Trinajstić information content (AvgIpc) is 2.79. The molecule has 0 fully saturated rings. The first-order valence-corrected chi connectivity index (χ1v) is 7.46. The smallest absolute Gasteiger partial charge is 0.259 e. The van der Waals surface area contributed by atoms with Crippen LogP contribution in [-0.4, -0.2) is 23.1 Å². The Kier molecular flexibility index (Phi) is 3.43. The lowest BCUT2D eigenvalue weighted by molar-refractivity contribution is -0.115. The molecule has 3 rings (SSSR count). The van der Waals surface area contributed by atoms with Crippen molar-refractivity contribution < 1.29 is 14.4 Å². The molecule has 2 aromatic rings. The zero-order chi connectivity index (χ0) is 15.1. The van der Waals surface area contributed by atoms with Gasteiger partial charge in [-0.05, 0) is 11.5 Å². The van der Waals surface area contributed by atoms with Crippen molar-refractivity contribution in [2.75, 3.05) is 9.75 Å². The van der Waals surface area contributed by atoms with E-state index in [0.29, 0.717) is 22.0 Å². The maximum Gasteiger partial charge on any atom is 0.259 e. The fourth-order valence-electron chi connectivity index (χ4n) is 2.36. The molecular weight excluding hydrogens is 360 g/mol. The molecule has 0 aromatic heterocycles. The number of nitrogens with zero attached hydrogens (tertiary/aromatic N) is 1. The zero-order valence-electron chi connectivity index (χ0n) is 10.5. The molecule has 1 N–H and O–H groups in total. The first-order valence-electron chi connectivity index (χ1n) is 6.00. The summed E-state index contributed by atoms with van der Waals surface area (Å²) in [6.45, 7) is 0. The van der Waals surface area contributed by atoms with Gasteiger partial charge in [-0.1, -0.05) is 40.2 Å². The largest absolute Gasteiger partial charge is 0.288 e. The molecule has 1 aliphatic rings. The van der Waals surface area contributed by atoms with Crippen LogP contribution in [0.5, 0.6) is 0 Å². The maximum absolute atomic E-state index is 11.9. The Morgan fingerprint density at radius 3 is 2.52 bits per heavy atom. The van der Waals surface area contributed by atoms with E-state index in [4.69, 9.17) is 11.8 Å². The summed E-state index contributed by atoms with van der Waals surface area (Å²) in [5.41, 5.74) is 0.915. The minimum absolute atomic E-state index is 0.0486. The van der Waals surface area contributed by atoms with E-state index in [-0.39, 0.29) is 16.8 Å². The Morgan fingerprint density at radius 1 is 1.19 bits per heavy atom. The summed E-state index contributed by atoms with van der Waals surface area (Å²) in [5, 5.41) is 3.51. The molecule has 0 atom stereocenters. The number of amides is 3. The molecule has 5 nitrogen and oxygen atoms in total. The van der Waals surface area contributed by atoms with Gasteiger partial charge < -0.3 is 0 Å². The van der Waals surface area contributed by atoms with E-state index in [1.54, 1.807) is 24.3 Å². The summed E-state index contributed by atoms with van der Waals surface area (Å²) >= 11 is 9.11. The highest BCUT2D eigenvalue weighted by Crippen LogP contribution is 2.35. The predicted molar refractivity (Wildman–Crippen MR) is 82.9 cm³/mol. The van der Waals surface area contributed by atoms with E-state index < -0.39 is 11.8 Å². The second-order valence-electron chi connectivity index (χ2n) is 4.46. The quantitative estimate of drug-likeness (QED) is 0.504. The van der Waals surface area contributed by atoms with E-state index in [9.17, 15) is 14.4 Å². The van der Waals surface area contributed by atoms with Crippen LogP contribution in [-0.2, 0) is 4.79 Å². The van der Waals surface area contributed by atoms with Crippen LogP contribution >= 0.6 is 27.7 Å². The van der Waals surface area contributed by atoms with Crippen LogP contribution < -0.4 is 9.74 Å². The Labute approximate surface area is 133 Å². The van der Waals surface area contributed by atoms with E-state index >= 15 is 0 Å². The summed E-state index contributed by atoms with van der Waals surface area (Å²) in [7, 11) is 0. The first kappa shape index (κ1) is 14.0. The zero-order valence-corrected chi connectivity index (χ0v) is 12.9. The number of rotatable bonds is 2. The standard InChI is InChI=1S/C14H8BrClN2O3/c15-6-11(19)18(16)10-5-9-12(14(21)17-13(9)20)8-4-2-1-3-7(8)10/h1-5H,6H2,(H,17,20,21). The molecule has 0 aliphatic carbocycles. The van der Waals surface area contributed by atoms with Gasteiger partial charge in [-0.15, -0.1) is 0 Å². The van der Waals surface area contributed by atoms with Gasteiger partial charge in [-0.25, -0.2) is 4.42 Å². The van der Waals surface area contributed by atoms with Gasteiger partial charge in [-0.2, -0.15) is 0 Å². The van der Waals surface area contributed by atoms with Crippen molar-refractivity contribution in [1.82, 2.24) is 5.32 Å². The van der Waals surface area contributed by atoms with Gasteiger partial charge in [0, 0.05) is 17.2 Å². The van der Waals surface area contributed by atoms with E-state index in [2.05, 4.69) is 21.2 Å². The molecule has 1 heterocycles. The number of imide groups is 1. The predicted octanol–water partition coefficient (Wildman–Crippen LogP) is 2.61. The average molecular weight is 368 g/mol. The van der Waals surface area contributed by atoms with Crippen molar-refractivity contribution in [2.24, 2.45) is 0 Å². The number of nitrogens with one attached hydrogen (secondary N) is 1. The van der Waals surface area contributed by atoms with Gasteiger partial charge in [0.05, 0.1) is 22.1 Å². The maximum atomic E-state index is 11.9. The normalized spacial score (nSPS) is 13.2. The Morgan fingerprint density at radius 2 is 1.86 bits per heavy atom. The van der Waals surface area contributed by atoms with E-state index in [1.165, 1.54) is 6.07 Å². The van der Waals surface area contributed by atoms with Gasteiger partial charge in [0.25, 0.3) is 17.7 Å². The van der Waals surface area contributed by atoms with Gasteiger partial charge in [0.15, 0.2) is 0 Å². The van der Waals surface area contributed by atoms with Crippen molar-refractivity contribution >= 4 is 61.9 Å². The third kappa shape index (κ3) is 2.11. The van der Waals surface area contributed by atoms with Crippen LogP contribution in [0.1, 0.15) is 20.7 Å². The van der Waals surface area contributed by atoms with Crippen LogP contribution in [0, 0.1) is 0 Å². The number of fused-ring (bicyclic) bond motifs is 3. The molecule has 7 heteroatoms. The number of carbonyl (C=O) groups excluding carboxylic acids is 3. The summed E-state index contributed by atoms with van der Waals surface area (Å²) < 4.78 is 0.952. The Hall–Kier alpha value is -1.92. The van der Waals surface area contributed by atoms with Gasteiger partial charge in [-0.3, -0.25) is 19.7 Å². The van der Waals surface area contributed by atoms with Crippen molar-refractivity contribution in [1.29, 1.82) is 0 Å². The molecule has 106 valence electrons. The van der Waals surface area contributed by atoms with Crippen LogP contribution in [0.3, 0.4) is 0 Å². The van der Waals surface area contributed by atoms with Crippen molar-refractivity contribution in [3.8, 4) is 0 Å². The fraction of sp³-hybridized carbons (Fsp3) is 0.0714. The summed E-state index contributed by atoms with van der Waals surface area (Å²) in [6.07, 6.45) is 0. The molecule has 0 radical (unpaired) electrons. The molecule has 0 saturated carbocycles. The number of benzene rings is 2.